The molecule has 0 bridgehead atoms. The molecule has 7 aromatic carbocycles. The molecule has 0 amide bonds. The van der Waals surface area contributed by atoms with Gasteiger partial charge in [0, 0.05) is 13.0 Å². The van der Waals surface area contributed by atoms with Gasteiger partial charge in [-0.1, -0.05) is 158 Å². The second-order valence-corrected chi connectivity index (χ2v) is 15.4. The standard InChI is InChI=1S/C52H45BrO8/c1-36(54)60-51-47-45(57-33-39-21-11-4-12-22-39)30-46(58-34-40-23-13-5-14-24-40)48(53)50(47)61-49(52(51)59-35-41-25-15-6-16-26-41)42-27-28-43(55-31-37-17-7-2-8-18-37)44(29-42)56-32-38-19-9-3-10-20-38/h2-30,49,51-52H,31-35H2,1H3/t49-,51-,52-/m1/s1. The molecule has 308 valence electrons. The van der Waals surface area contributed by atoms with E-state index in [1.54, 1.807) is 0 Å². The number of carbonyl (C=O) groups is 1. The Kier molecular flexibility index (Phi) is 13.6. The van der Waals surface area contributed by atoms with Gasteiger partial charge in [-0.3, -0.25) is 4.79 Å². The molecule has 7 aromatic rings. The van der Waals surface area contributed by atoms with Gasteiger partial charge in [0.05, 0.1) is 12.2 Å². The second-order valence-electron chi connectivity index (χ2n) is 14.6. The maximum atomic E-state index is 13.2. The molecule has 9 heteroatoms. The molecule has 8 rings (SSSR count). The van der Waals surface area contributed by atoms with Crippen LogP contribution in [0.3, 0.4) is 0 Å². The predicted molar refractivity (Wildman–Crippen MR) is 237 cm³/mol. The van der Waals surface area contributed by atoms with Crippen LogP contribution in [0.1, 0.15) is 58.1 Å². The van der Waals surface area contributed by atoms with Crippen LogP contribution in [0.2, 0.25) is 0 Å². The van der Waals surface area contributed by atoms with Crippen LogP contribution in [0.25, 0.3) is 0 Å². The smallest absolute Gasteiger partial charge is 0.303 e. The molecule has 1 aliphatic heterocycles. The van der Waals surface area contributed by atoms with Gasteiger partial charge in [0.15, 0.2) is 23.7 Å². The fourth-order valence-electron chi connectivity index (χ4n) is 7.11. The largest absolute Gasteiger partial charge is 0.488 e. The fraction of sp³-hybridized carbons (Fsp3) is 0.173. The van der Waals surface area contributed by atoms with Gasteiger partial charge in [0.1, 0.15) is 54.3 Å². The van der Waals surface area contributed by atoms with Crippen molar-refractivity contribution >= 4 is 21.9 Å². The van der Waals surface area contributed by atoms with E-state index < -0.39 is 24.3 Å². The molecule has 0 unspecified atom stereocenters. The first-order valence-corrected chi connectivity index (χ1v) is 20.9. The van der Waals surface area contributed by atoms with Crippen molar-refractivity contribution in [3.8, 4) is 28.7 Å². The van der Waals surface area contributed by atoms with Gasteiger partial charge in [-0.25, -0.2) is 0 Å². The summed E-state index contributed by atoms with van der Waals surface area (Å²) in [5, 5.41) is 0. The lowest BCUT2D eigenvalue weighted by molar-refractivity contribution is -0.169. The highest BCUT2D eigenvalue weighted by Crippen LogP contribution is 2.55. The second kappa shape index (κ2) is 20.1. The minimum Gasteiger partial charge on any atom is -0.488 e. The molecule has 3 atom stereocenters. The van der Waals surface area contributed by atoms with E-state index in [-0.39, 0.29) is 13.2 Å². The average molecular weight is 878 g/mol. The molecular formula is C52H45BrO8. The van der Waals surface area contributed by atoms with Crippen molar-refractivity contribution in [2.24, 2.45) is 0 Å². The Morgan fingerprint density at radius 3 is 1.41 bits per heavy atom. The third-order valence-electron chi connectivity index (χ3n) is 10.1. The van der Waals surface area contributed by atoms with Crippen LogP contribution in [-0.4, -0.2) is 12.1 Å². The normalized spacial score (nSPS) is 15.5. The number of ether oxygens (including phenoxy) is 7. The Morgan fingerprint density at radius 2 is 0.934 bits per heavy atom. The summed E-state index contributed by atoms with van der Waals surface area (Å²) in [7, 11) is 0. The maximum Gasteiger partial charge on any atom is 0.303 e. The summed E-state index contributed by atoms with van der Waals surface area (Å²) in [5.74, 6) is 1.92. The molecule has 0 spiro atoms. The van der Waals surface area contributed by atoms with Crippen LogP contribution < -0.4 is 23.7 Å². The lowest BCUT2D eigenvalue weighted by Gasteiger charge is -2.40. The van der Waals surface area contributed by atoms with E-state index in [9.17, 15) is 4.79 Å². The number of hydrogen-bond acceptors (Lipinski definition) is 8. The van der Waals surface area contributed by atoms with Gasteiger partial charge in [-0.15, -0.1) is 0 Å². The molecule has 61 heavy (non-hydrogen) atoms. The van der Waals surface area contributed by atoms with Crippen LogP contribution in [0.15, 0.2) is 180 Å². The average Bonchev–Trinajstić information content (AvgIpc) is 3.30. The van der Waals surface area contributed by atoms with Crippen LogP contribution in [0.4, 0.5) is 0 Å². The molecular weight excluding hydrogens is 832 g/mol. The van der Waals surface area contributed by atoms with Gasteiger partial charge < -0.3 is 33.2 Å². The molecule has 0 radical (unpaired) electrons. The Balaban J connectivity index is 1.23. The van der Waals surface area contributed by atoms with Gasteiger partial charge in [-0.2, -0.15) is 0 Å². The number of hydrogen-bond donors (Lipinski definition) is 0. The van der Waals surface area contributed by atoms with E-state index in [2.05, 4.69) is 15.9 Å². The minimum absolute atomic E-state index is 0.216. The van der Waals surface area contributed by atoms with E-state index in [0.29, 0.717) is 64.2 Å². The summed E-state index contributed by atoms with van der Waals surface area (Å²) in [6.07, 6.45) is -2.63. The van der Waals surface area contributed by atoms with Crippen LogP contribution >= 0.6 is 15.9 Å². The number of benzene rings is 7. The molecule has 0 saturated carbocycles. The van der Waals surface area contributed by atoms with E-state index in [4.69, 9.17) is 33.2 Å². The quantitative estimate of drug-likeness (QED) is 0.0837. The summed E-state index contributed by atoms with van der Waals surface area (Å²) in [6, 6.07) is 57.1. The monoisotopic (exact) mass is 876 g/mol. The maximum absolute atomic E-state index is 13.2. The third kappa shape index (κ3) is 10.6. The van der Waals surface area contributed by atoms with Gasteiger partial charge in [0.25, 0.3) is 0 Å². The van der Waals surface area contributed by atoms with Gasteiger partial charge in [-0.05, 0) is 61.4 Å². The summed E-state index contributed by atoms with van der Waals surface area (Å²) in [6.45, 7) is 2.79. The molecule has 1 aliphatic rings. The molecule has 0 aromatic heterocycles. The molecule has 8 nitrogen and oxygen atoms in total. The van der Waals surface area contributed by atoms with Crippen molar-refractivity contribution in [1.29, 1.82) is 0 Å². The fourth-order valence-corrected chi connectivity index (χ4v) is 7.64. The van der Waals surface area contributed by atoms with Gasteiger partial charge >= 0.3 is 5.97 Å². The number of halogens is 1. The molecule has 0 aliphatic carbocycles. The number of fused-ring (bicyclic) bond motifs is 1. The first-order valence-electron chi connectivity index (χ1n) is 20.1. The first kappa shape index (κ1) is 41.2. The zero-order valence-corrected chi connectivity index (χ0v) is 35.2. The van der Waals surface area contributed by atoms with Crippen molar-refractivity contribution in [3.63, 3.8) is 0 Å². The number of esters is 1. The predicted octanol–water partition coefficient (Wildman–Crippen LogP) is 12.1. The molecule has 0 N–H and O–H groups in total. The van der Waals surface area contributed by atoms with Crippen molar-refractivity contribution in [2.45, 2.75) is 58.3 Å². The summed E-state index contributed by atoms with van der Waals surface area (Å²) < 4.78 is 46.8. The Labute approximate surface area is 364 Å². The van der Waals surface area contributed by atoms with Crippen LogP contribution in [0.5, 0.6) is 28.7 Å². The summed E-state index contributed by atoms with van der Waals surface area (Å²) in [4.78, 5) is 13.2. The summed E-state index contributed by atoms with van der Waals surface area (Å²) >= 11 is 3.85. The molecule has 1 heterocycles. The van der Waals surface area contributed by atoms with E-state index in [1.165, 1.54) is 6.92 Å². The van der Waals surface area contributed by atoms with Crippen LogP contribution in [-0.2, 0) is 47.3 Å². The number of rotatable bonds is 17. The third-order valence-corrected chi connectivity index (χ3v) is 10.9. The van der Waals surface area contributed by atoms with E-state index >= 15 is 0 Å². The van der Waals surface area contributed by atoms with Crippen molar-refractivity contribution in [3.05, 3.63) is 219 Å². The zero-order valence-electron chi connectivity index (χ0n) is 33.7. The van der Waals surface area contributed by atoms with Crippen molar-refractivity contribution in [2.75, 3.05) is 0 Å². The lowest BCUT2D eigenvalue weighted by atomic mass is 9.90. The van der Waals surface area contributed by atoms with Crippen LogP contribution in [0, 0.1) is 0 Å². The van der Waals surface area contributed by atoms with Crippen molar-refractivity contribution < 1.29 is 38.0 Å². The van der Waals surface area contributed by atoms with Gasteiger partial charge in [0.2, 0.25) is 0 Å². The first-order chi connectivity index (χ1) is 30.0. The highest BCUT2D eigenvalue weighted by Gasteiger charge is 2.46. The molecule has 0 fully saturated rings. The minimum atomic E-state index is -0.970. The summed E-state index contributed by atoms with van der Waals surface area (Å²) in [5.41, 5.74) is 6.14. The number of carbonyl (C=O) groups excluding carboxylic acids is 1. The lowest BCUT2D eigenvalue weighted by Crippen LogP contribution is -2.39. The zero-order chi connectivity index (χ0) is 41.8. The topological polar surface area (TPSA) is 81.7 Å². The Hall–Kier alpha value is -6.55. The van der Waals surface area contributed by atoms with E-state index in [1.807, 2.05) is 176 Å². The van der Waals surface area contributed by atoms with Crippen molar-refractivity contribution in [1.82, 2.24) is 0 Å². The highest BCUT2D eigenvalue weighted by molar-refractivity contribution is 9.10. The van der Waals surface area contributed by atoms with E-state index in [0.717, 1.165) is 27.8 Å². The Morgan fingerprint density at radius 1 is 0.508 bits per heavy atom. The molecule has 0 saturated heterocycles. The highest BCUT2D eigenvalue weighted by atomic mass is 79.9. The Bertz CT molecular complexity index is 2490. The SMILES string of the molecule is CC(=O)O[C@@H]1c2c(OCc3ccccc3)cc(OCc3ccccc3)c(Br)c2O[C@H](c2ccc(OCc3ccccc3)c(OCc3ccccc3)c2)[C@H]1OCc1ccccc1.